The summed E-state index contributed by atoms with van der Waals surface area (Å²) in [6.07, 6.45) is 8.31. The highest BCUT2D eigenvalue weighted by Gasteiger charge is 2.39. The van der Waals surface area contributed by atoms with Gasteiger partial charge >= 0.3 is 0 Å². The van der Waals surface area contributed by atoms with E-state index < -0.39 is 0 Å². The van der Waals surface area contributed by atoms with Gasteiger partial charge in [0.2, 0.25) is 11.8 Å². The number of rotatable bonds is 7. The van der Waals surface area contributed by atoms with E-state index in [1.54, 1.807) is 0 Å². The first-order chi connectivity index (χ1) is 11.7. The number of aromatic nitrogens is 2. The van der Waals surface area contributed by atoms with Gasteiger partial charge in [0.15, 0.2) is 5.82 Å². The Labute approximate surface area is 144 Å². The minimum atomic E-state index is 0.297. The smallest absolute Gasteiger partial charge is 0.226 e. The Kier molecular flexibility index (Phi) is 5.87. The van der Waals surface area contributed by atoms with E-state index in [0.717, 1.165) is 63.5 Å². The number of carbonyl (C=O) groups excluding carboxylic acids is 1. The molecule has 24 heavy (non-hydrogen) atoms. The highest BCUT2D eigenvalue weighted by atomic mass is 16.5. The zero-order chi connectivity index (χ0) is 16.9. The zero-order valence-corrected chi connectivity index (χ0v) is 15.0. The molecule has 2 aliphatic heterocycles. The van der Waals surface area contributed by atoms with Crippen molar-refractivity contribution < 1.29 is 9.32 Å². The molecule has 0 aromatic carbocycles. The van der Waals surface area contributed by atoms with E-state index in [-0.39, 0.29) is 0 Å². The lowest BCUT2D eigenvalue weighted by atomic mass is 10.0. The number of likely N-dealkylation sites (tertiary alicyclic amines) is 2. The largest absolute Gasteiger partial charge is 0.339 e. The van der Waals surface area contributed by atoms with Gasteiger partial charge in [-0.25, -0.2) is 0 Å². The molecule has 2 aliphatic rings. The van der Waals surface area contributed by atoms with Gasteiger partial charge in [0.25, 0.3) is 0 Å². The maximum atomic E-state index is 12.2. The van der Waals surface area contributed by atoms with E-state index >= 15 is 0 Å². The van der Waals surface area contributed by atoms with Crippen LogP contribution in [0, 0.1) is 0 Å². The molecule has 3 heterocycles. The summed E-state index contributed by atoms with van der Waals surface area (Å²) in [5.74, 6) is 1.84. The topological polar surface area (TPSA) is 62.5 Å². The molecule has 0 spiro atoms. The van der Waals surface area contributed by atoms with Crippen LogP contribution in [0.1, 0.15) is 70.5 Å². The Hall–Kier alpha value is -1.43. The molecule has 1 aromatic heterocycles. The second kappa shape index (κ2) is 8.10. The molecule has 134 valence electrons. The lowest BCUT2D eigenvalue weighted by Gasteiger charge is -2.34. The van der Waals surface area contributed by atoms with Crippen molar-refractivity contribution in [1.82, 2.24) is 19.9 Å². The van der Waals surface area contributed by atoms with E-state index in [2.05, 4.69) is 26.9 Å². The van der Waals surface area contributed by atoms with Crippen LogP contribution >= 0.6 is 0 Å². The molecule has 1 amide bonds. The molecule has 3 rings (SSSR count). The minimum Gasteiger partial charge on any atom is -0.339 e. The van der Waals surface area contributed by atoms with E-state index in [1.807, 2.05) is 6.92 Å². The fourth-order valence-electron chi connectivity index (χ4n) is 4.15. The monoisotopic (exact) mass is 334 g/mol. The first kappa shape index (κ1) is 17.4. The highest BCUT2D eigenvalue weighted by molar-refractivity contribution is 5.76. The molecular weight excluding hydrogens is 304 g/mol. The molecule has 6 heteroatoms. The molecule has 2 saturated heterocycles. The summed E-state index contributed by atoms with van der Waals surface area (Å²) in [7, 11) is 0. The number of hydrogen-bond acceptors (Lipinski definition) is 5. The fourth-order valence-corrected chi connectivity index (χ4v) is 4.15. The van der Waals surface area contributed by atoms with Crippen LogP contribution in [0.15, 0.2) is 4.52 Å². The summed E-state index contributed by atoms with van der Waals surface area (Å²) in [6, 6.07) is 0.812. The van der Waals surface area contributed by atoms with Crippen LogP contribution in [0.3, 0.4) is 0 Å². The van der Waals surface area contributed by atoms with Crippen molar-refractivity contribution in [2.24, 2.45) is 0 Å². The Morgan fingerprint density at radius 2 is 2.00 bits per heavy atom. The maximum Gasteiger partial charge on any atom is 0.226 e. The van der Waals surface area contributed by atoms with Gasteiger partial charge in [-0.3, -0.25) is 9.69 Å². The quantitative estimate of drug-likeness (QED) is 0.767. The molecule has 0 aliphatic carbocycles. The Morgan fingerprint density at radius 1 is 1.21 bits per heavy atom. The molecule has 2 fully saturated rings. The van der Waals surface area contributed by atoms with Gasteiger partial charge in [-0.05, 0) is 38.6 Å². The molecule has 0 radical (unpaired) electrons. The second-order valence-electron chi connectivity index (χ2n) is 7.04. The van der Waals surface area contributed by atoms with Crippen molar-refractivity contribution in [3.8, 4) is 0 Å². The predicted octanol–water partition coefficient (Wildman–Crippen LogP) is 2.78. The molecule has 6 nitrogen and oxygen atoms in total. The highest BCUT2D eigenvalue weighted by Crippen LogP contribution is 2.31. The van der Waals surface area contributed by atoms with Gasteiger partial charge in [0, 0.05) is 31.5 Å². The first-order valence-electron chi connectivity index (χ1n) is 9.58. The Morgan fingerprint density at radius 3 is 2.79 bits per heavy atom. The van der Waals surface area contributed by atoms with Crippen LogP contribution in [0.4, 0.5) is 0 Å². The molecule has 2 atom stereocenters. The van der Waals surface area contributed by atoms with Crippen molar-refractivity contribution in [2.45, 2.75) is 83.8 Å². The van der Waals surface area contributed by atoms with Crippen LogP contribution in [0.25, 0.3) is 0 Å². The third-order valence-corrected chi connectivity index (χ3v) is 5.38. The Bertz CT molecular complexity index is 545. The van der Waals surface area contributed by atoms with E-state index in [9.17, 15) is 4.79 Å². The van der Waals surface area contributed by atoms with Crippen LogP contribution in [-0.2, 0) is 17.8 Å². The minimum absolute atomic E-state index is 0.297. The van der Waals surface area contributed by atoms with Crippen molar-refractivity contribution >= 4 is 5.91 Å². The van der Waals surface area contributed by atoms with E-state index in [4.69, 9.17) is 4.52 Å². The normalized spacial score (nSPS) is 24.8. The predicted molar refractivity (Wildman–Crippen MR) is 91.4 cm³/mol. The second-order valence-corrected chi connectivity index (χ2v) is 7.04. The summed E-state index contributed by atoms with van der Waals surface area (Å²) in [6.45, 7) is 6.85. The average Bonchev–Trinajstić information content (AvgIpc) is 3.32. The lowest BCUT2D eigenvalue weighted by molar-refractivity contribution is -0.132. The first-order valence-corrected chi connectivity index (χ1v) is 9.58. The maximum absolute atomic E-state index is 12.2. The fraction of sp³-hybridized carbons (Fsp3) is 0.833. The summed E-state index contributed by atoms with van der Waals surface area (Å²) in [5.41, 5.74) is 0. The molecule has 1 aromatic rings. The summed E-state index contributed by atoms with van der Waals surface area (Å²) >= 11 is 0. The van der Waals surface area contributed by atoms with E-state index in [1.165, 1.54) is 12.8 Å². The SMILES string of the molecule is CCCCc1nc(CN2CCC[C@H]2[C@@H]2CCCN2C(=O)CC)no1. The molecule has 0 N–H and O–H groups in total. The number of carbonyl (C=O) groups is 1. The van der Waals surface area contributed by atoms with Gasteiger partial charge < -0.3 is 9.42 Å². The summed E-state index contributed by atoms with van der Waals surface area (Å²) in [5, 5.41) is 4.16. The molecular formula is C18H30N4O2. The van der Waals surface area contributed by atoms with Crippen molar-refractivity contribution in [3.05, 3.63) is 11.7 Å². The van der Waals surface area contributed by atoms with Gasteiger partial charge in [-0.2, -0.15) is 4.98 Å². The summed E-state index contributed by atoms with van der Waals surface area (Å²) < 4.78 is 5.36. The van der Waals surface area contributed by atoms with Crippen molar-refractivity contribution in [1.29, 1.82) is 0 Å². The number of amides is 1. The standard InChI is InChI=1S/C18H30N4O2/c1-3-5-10-17-19-16(20-24-17)13-21-11-6-8-14(21)15-9-7-12-22(15)18(23)4-2/h14-15H,3-13H2,1-2H3/t14-,15-/m0/s1. The summed E-state index contributed by atoms with van der Waals surface area (Å²) in [4.78, 5) is 21.3. The molecule has 0 bridgehead atoms. The number of nitrogens with zero attached hydrogens (tertiary/aromatic N) is 4. The number of hydrogen-bond donors (Lipinski definition) is 0. The third-order valence-electron chi connectivity index (χ3n) is 5.38. The zero-order valence-electron chi connectivity index (χ0n) is 15.0. The third kappa shape index (κ3) is 3.79. The van der Waals surface area contributed by atoms with Crippen molar-refractivity contribution in [3.63, 3.8) is 0 Å². The van der Waals surface area contributed by atoms with Gasteiger partial charge in [0.1, 0.15) is 0 Å². The van der Waals surface area contributed by atoms with Gasteiger partial charge in [0.05, 0.1) is 6.54 Å². The number of aryl methyl sites for hydroxylation is 1. The van der Waals surface area contributed by atoms with Gasteiger partial charge in [-0.1, -0.05) is 25.4 Å². The Balaban J connectivity index is 1.63. The van der Waals surface area contributed by atoms with Crippen LogP contribution in [-0.4, -0.2) is 51.0 Å². The molecule has 0 unspecified atom stereocenters. The van der Waals surface area contributed by atoms with E-state index in [0.29, 0.717) is 24.4 Å². The number of unbranched alkanes of at least 4 members (excludes halogenated alkanes) is 1. The van der Waals surface area contributed by atoms with Gasteiger partial charge in [-0.15, -0.1) is 0 Å². The van der Waals surface area contributed by atoms with Crippen LogP contribution < -0.4 is 0 Å². The average molecular weight is 334 g/mol. The van der Waals surface area contributed by atoms with Crippen LogP contribution in [0.2, 0.25) is 0 Å². The lowest BCUT2D eigenvalue weighted by Crippen LogP contribution is -2.48. The van der Waals surface area contributed by atoms with Crippen molar-refractivity contribution in [2.75, 3.05) is 13.1 Å². The van der Waals surface area contributed by atoms with Crippen LogP contribution in [0.5, 0.6) is 0 Å². The molecule has 0 saturated carbocycles.